The van der Waals surface area contributed by atoms with Gasteiger partial charge in [-0.3, -0.25) is 4.79 Å². The third kappa shape index (κ3) is 3.74. The summed E-state index contributed by atoms with van der Waals surface area (Å²) in [7, 11) is 0. The molecule has 0 atom stereocenters. The van der Waals surface area contributed by atoms with Gasteiger partial charge in [0, 0.05) is 43.5 Å². The van der Waals surface area contributed by atoms with E-state index in [0.717, 1.165) is 47.0 Å². The second-order valence-electron chi connectivity index (χ2n) is 7.20. The Morgan fingerprint density at radius 2 is 1.68 bits per heavy atom. The highest BCUT2D eigenvalue weighted by Crippen LogP contribution is 2.20. The van der Waals surface area contributed by atoms with E-state index in [2.05, 4.69) is 9.88 Å². The van der Waals surface area contributed by atoms with Gasteiger partial charge in [-0.15, -0.1) is 0 Å². The van der Waals surface area contributed by atoms with Crippen molar-refractivity contribution in [2.75, 3.05) is 31.1 Å². The van der Waals surface area contributed by atoms with Crippen LogP contribution in [0.1, 0.15) is 21.5 Å². The predicted molar refractivity (Wildman–Crippen MR) is 112 cm³/mol. The number of hydrogen-bond acceptors (Lipinski definition) is 4. The summed E-state index contributed by atoms with van der Waals surface area (Å²) in [5.74, 6) is 1.76. The Labute approximate surface area is 165 Å². The number of rotatable bonds is 3. The minimum Gasteiger partial charge on any atom is -0.353 e. The number of hydrogen-bond donors (Lipinski definition) is 0. The fourth-order valence-corrected chi connectivity index (χ4v) is 3.53. The molecule has 1 aliphatic heterocycles. The zero-order valence-electron chi connectivity index (χ0n) is 16.3. The minimum absolute atomic E-state index is 0.119. The van der Waals surface area contributed by atoms with Crippen LogP contribution in [-0.4, -0.2) is 47.0 Å². The van der Waals surface area contributed by atoms with Gasteiger partial charge < -0.3 is 9.80 Å². The van der Waals surface area contributed by atoms with Crippen LogP contribution in [0.5, 0.6) is 0 Å². The van der Waals surface area contributed by atoms with Crippen molar-refractivity contribution in [3.63, 3.8) is 0 Å². The molecule has 2 aromatic carbocycles. The van der Waals surface area contributed by atoms with Crippen molar-refractivity contribution in [2.24, 2.45) is 0 Å². The molecule has 1 aliphatic rings. The maximum Gasteiger partial charge on any atom is 0.254 e. The summed E-state index contributed by atoms with van der Waals surface area (Å²) in [6.45, 7) is 6.93. The average Bonchev–Trinajstić information content (AvgIpc) is 2.76. The van der Waals surface area contributed by atoms with Crippen LogP contribution in [0.2, 0.25) is 0 Å². The molecule has 0 saturated carbocycles. The van der Waals surface area contributed by atoms with Crippen LogP contribution in [0.25, 0.3) is 11.4 Å². The molecule has 5 nitrogen and oxygen atoms in total. The van der Waals surface area contributed by atoms with Crippen LogP contribution in [-0.2, 0) is 0 Å². The van der Waals surface area contributed by atoms with Crippen LogP contribution in [0.4, 0.5) is 5.82 Å². The van der Waals surface area contributed by atoms with Gasteiger partial charge in [-0.1, -0.05) is 48.0 Å². The minimum atomic E-state index is 0.119. The van der Waals surface area contributed by atoms with E-state index in [4.69, 9.17) is 4.98 Å². The van der Waals surface area contributed by atoms with E-state index in [1.807, 2.05) is 73.3 Å². The van der Waals surface area contributed by atoms with Gasteiger partial charge in [-0.25, -0.2) is 9.97 Å². The van der Waals surface area contributed by atoms with Crippen LogP contribution < -0.4 is 4.90 Å². The Morgan fingerprint density at radius 1 is 0.929 bits per heavy atom. The van der Waals surface area contributed by atoms with Crippen LogP contribution in [0.15, 0.2) is 60.8 Å². The quantitative estimate of drug-likeness (QED) is 0.703. The first-order valence-corrected chi connectivity index (χ1v) is 9.62. The molecule has 4 rings (SSSR count). The summed E-state index contributed by atoms with van der Waals surface area (Å²) in [5, 5.41) is 0. The molecule has 5 heteroatoms. The van der Waals surface area contributed by atoms with Gasteiger partial charge >= 0.3 is 0 Å². The maximum atomic E-state index is 12.9. The molecule has 0 unspecified atom stereocenters. The third-order valence-electron chi connectivity index (χ3n) is 5.19. The summed E-state index contributed by atoms with van der Waals surface area (Å²) >= 11 is 0. The van der Waals surface area contributed by atoms with Crippen molar-refractivity contribution < 1.29 is 4.79 Å². The van der Waals surface area contributed by atoms with Gasteiger partial charge in [0.15, 0.2) is 5.82 Å². The summed E-state index contributed by atoms with van der Waals surface area (Å²) in [6, 6.07) is 18.0. The third-order valence-corrected chi connectivity index (χ3v) is 5.19. The molecular formula is C23H24N4O. The van der Waals surface area contributed by atoms with Gasteiger partial charge in [-0.05, 0) is 31.5 Å². The number of aromatic nitrogens is 2. The predicted octanol–water partition coefficient (Wildman–Crippen LogP) is 3.72. The van der Waals surface area contributed by atoms with E-state index < -0.39 is 0 Å². The van der Waals surface area contributed by atoms with Crippen molar-refractivity contribution in [2.45, 2.75) is 13.8 Å². The Balaban J connectivity index is 1.46. The molecule has 0 N–H and O–H groups in total. The molecule has 1 amide bonds. The lowest BCUT2D eigenvalue weighted by Gasteiger charge is -2.35. The average molecular weight is 372 g/mol. The zero-order chi connectivity index (χ0) is 19.5. The highest BCUT2D eigenvalue weighted by Gasteiger charge is 2.24. The smallest absolute Gasteiger partial charge is 0.254 e. The zero-order valence-corrected chi connectivity index (χ0v) is 16.3. The van der Waals surface area contributed by atoms with Gasteiger partial charge in [0.05, 0.1) is 0 Å². The first-order chi connectivity index (χ1) is 13.6. The van der Waals surface area contributed by atoms with Gasteiger partial charge in [0.25, 0.3) is 5.91 Å². The lowest BCUT2D eigenvalue weighted by atomic mass is 10.0. The summed E-state index contributed by atoms with van der Waals surface area (Å²) in [4.78, 5) is 26.2. The van der Waals surface area contributed by atoms with E-state index in [0.29, 0.717) is 13.1 Å². The summed E-state index contributed by atoms with van der Waals surface area (Å²) < 4.78 is 0. The Bertz CT molecular complexity index is 979. The molecule has 0 aliphatic carbocycles. The highest BCUT2D eigenvalue weighted by atomic mass is 16.2. The fraction of sp³-hybridized carbons (Fsp3) is 0.261. The van der Waals surface area contributed by atoms with Crippen molar-refractivity contribution in [3.8, 4) is 11.4 Å². The van der Waals surface area contributed by atoms with Crippen LogP contribution in [0, 0.1) is 13.8 Å². The van der Waals surface area contributed by atoms with Crippen LogP contribution in [0.3, 0.4) is 0 Å². The topological polar surface area (TPSA) is 49.3 Å². The SMILES string of the molecule is Cc1ccc(C)c(C(=O)N2CCN(c3ccnc(-c4ccccc4)n3)CC2)c1. The Hall–Kier alpha value is -3.21. The first-order valence-electron chi connectivity index (χ1n) is 9.62. The molecule has 28 heavy (non-hydrogen) atoms. The molecule has 0 radical (unpaired) electrons. The Morgan fingerprint density at radius 3 is 2.43 bits per heavy atom. The van der Waals surface area contributed by atoms with E-state index in [1.54, 1.807) is 6.20 Å². The van der Waals surface area contributed by atoms with Crippen molar-refractivity contribution >= 4 is 11.7 Å². The number of amides is 1. The van der Waals surface area contributed by atoms with Gasteiger partial charge in [0.2, 0.25) is 0 Å². The number of piperazine rings is 1. The number of aryl methyl sites for hydroxylation is 2. The van der Waals surface area contributed by atoms with Crippen LogP contribution >= 0.6 is 0 Å². The Kier molecular flexibility index (Phi) is 5.06. The lowest BCUT2D eigenvalue weighted by Crippen LogP contribution is -2.49. The van der Waals surface area contributed by atoms with Gasteiger partial charge in [-0.2, -0.15) is 0 Å². The van der Waals surface area contributed by atoms with E-state index in [1.165, 1.54) is 0 Å². The van der Waals surface area contributed by atoms with E-state index in [9.17, 15) is 4.79 Å². The molecule has 1 saturated heterocycles. The highest BCUT2D eigenvalue weighted by molar-refractivity contribution is 5.96. The van der Waals surface area contributed by atoms with Crippen molar-refractivity contribution in [1.82, 2.24) is 14.9 Å². The molecule has 1 aromatic heterocycles. The normalized spacial score (nSPS) is 14.2. The largest absolute Gasteiger partial charge is 0.353 e. The molecule has 2 heterocycles. The number of nitrogens with zero attached hydrogens (tertiary/aromatic N) is 4. The molecule has 0 spiro atoms. The number of carbonyl (C=O) groups is 1. The monoisotopic (exact) mass is 372 g/mol. The fourth-order valence-electron chi connectivity index (χ4n) is 3.53. The van der Waals surface area contributed by atoms with Crippen molar-refractivity contribution in [3.05, 3.63) is 77.5 Å². The lowest BCUT2D eigenvalue weighted by molar-refractivity contribution is 0.0745. The van der Waals surface area contributed by atoms with Crippen molar-refractivity contribution in [1.29, 1.82) is 0 Å². The standard InChI is InChI=1S/C23H24N4O/c1-17-8-9-18(2)20(16-17)23(28)27-14-12-26(13-15-27)21-10-11-24-22(25-21)19-6-4-3-5-7-19/h3-11,16H,12-15H2,1-2H3. The number of carbonyl (C=O) groups excluding carboxylic acids is 1. The number of benzene rings is 2. The summed E-state index contributed by atoms with van der Waals surface area (Å²) in [5.41, 5.74) is 3.96. The van der Waals surface area contributed by atoms with E-state index in [-0.39, 0.29) is 5.91 Å². The first kappa shape index (κ1) is 18.2. The van der Waals surface area contributed by atoms with E-state index >= 15 is 0 Å². The van der Waals surface area contributed by atoms with Gasteiger partial charge in [0.1, 0.15) is 5.82 Å². The summed E-state index contributed by atoms with van der Waals surface area (Å²) in [6.07, 6.45) is 1.80. The number of anilines is 1. The molecular weight excluding hydrogens is 348 g/mol. The molecule has 3 aromatic rings. The molecule has 0 bridgehead atoms. The molecule has 142 valence electrons. The maximum absolute atomic E-state index is 12.9. The second kappa shape index (κ2) is 7.80. The molecule has 1 fully saturated rings. The second-order valence-corrected chi connectivity index (χ2v) is 7.20.